The summed E-state index contributed by atoms with van der Waals surface area (Å²) in [6, 6.07) is 11.9. The SMILES string of the molecule is CSC1=C(C#N)C2(CCCCC2)C(C(=O)Nc2ccccc2)=C(C)N1. The van der Waals surface area contributed by atoms with Crippen LogP contribution in [0.2, 0.25) is 0 Å². The molecule has 0 saturated heterocycles. The fraction of sp³-hybridized carbons (Fsp3) is 0.400. The van der Waals surface area contributed by atoms with E-state index < -0.39 is 5.41 Å². The number of para-hydroxylation sites is 1. The topological polar surface area (TPSA) is 64.9 Å². The van der Waals surface area contributed by atoms with Gasteiger partial charge in [-0.2, -0.15) is 5.26 Å². The lowest BCUT2D eigenvalue weighted by Gasteiger charge is -2.43. The molecule has 1 saturated carbocycles. The Kier molecular flexibility index (Phi) is 5.19. The molecule has 0 radical (unpaired) electrons. The number of hydrogen-bond donors (Lipinski definition) is 2. The summed E-state index contributed by atoms with van der Waals surface area (Å²) in [6.45, 7) is 1.95. The fourth-order valence-electron chi connectivity index (χ4n) is 4.07. The van der Waals surface area contributed by atoms with Gasteiger partial charge < -0.3 is 10.6 Å². The summed E-state index contributed by atoms with van der Waals surface area (Å²) in [5.74, 6) is -0.106. The predicted octanol–water partition coefficient (Wildman–Crippen LogP) is 4.55. The van der Waals surface area contributed by atoms with Crippen LogP contribution in [0.1, 0.15) is 39.0 Å². The Labute approximate surface area is 153 Å². The van der Waals surface area contributed by atoms with E-state index in [9.17, 15) is 10.1 Å². The molecule has 1 aromatic carbocycles. The van der Waals surface area contributed by atoms with E-state index in [0.717, 1.165) is 59.7 Å². The molecule has 1 spiro atoms. The van der Waals surface area contributed by atoms with Crippen molar-refractivity contribution >= 4 is 23.4 Å². The zero-order valence-corrected chi connectivity index (χ0v) is 15.5. The second-order valence-corrected chi connectivity index (χ2v) is 7.42. The van der Waals surface area contributed by atoms with Gasteiger partial charge in [0.2, 0.25) is 0 Å². The van der Waals surface area contributed by atoms with Crippen molar-refractivity contribution in [1.82, 2.24) is 5.32 Å². The molecule has 1 aromatic rings. The molecule has 0 atom stereocenters. The normalized spacial score (nSPS) is 19.4. The molecule has 1 amide bonds. The van der Waals surface area contributed by atoms with Gasteiger partial charge in [-0.1, -0.05) is 37.5 Å². The van der Waals surface area contributed by atoms with E-state index in [0.29, 0.717) is 0 Å². The highest BCUT2D eigenvalue weighted by molar-refractivity contribution is 8.02. The van der Waals surface area contributed by atoms with Crippen LogP contribution in [0.25, 0.3) is 0 Å². The number of dihydropyridines is 1. The highest BCUT2D eigenvalue weighted by Crippen LogP contribution is 2.52. The van der Waals surface area contributed by atoms with Gasteiger partial charge in [-0.05, 0) is 38.2 Å². The van der Waals surface area contributed by atoms with Crippen molar-refractivity contribution < 1.29 is 4.79 Å². The molecule has 25 heavy (non-hydrogen) atoms. The van der Waals surface area contributed by atoms with E-state index in [-0.39, 0.29) is 5.91 Å². The van der Waals surface area contributed by atoms with Crippen molar-refractivity contribution in [3.05, 3.63) is 52.2 Å². The number of benzene rings is 1. The standard InChI is InChI=1S/C20H23N3OS/c1-14-17(18(24)23-15-9-5-3-6-10-15)20(11-7-4-8-12-20)16(13-21)19(22-14)25-2/h3,5-6,9-10,22H,4,7-8,11-12H2,1-2H3,(H,23,24). The maximum atomic E-state index is 13.2. The van der Waals surface area contributed by atoms with Gasteiger partial charge in [-0.25, -0.2) is 0 Å². The van der Waals surface area contributed by atoms with Gasteiger partial charge in [0.05, 0.1) is 16.7 Å². The number of nitrogens with zero attached hydrogens (tertiary/aromatic N) is 1. The highest BCUT2D eigenvalue weighted by atomic mass is 32.2. The second-order valence-electron chi connectivity index (χ2n) is 6.61. The third-order valence-electron chi connectivity index (χ3n) is 5.14. The van der Waals surface area contributed by atoms with Crippen molar-refractivity contribution in [3.63, 3.8) is 0 Å². The molecule has 2 aliphatic rings. The van der Waals surface area contributed by atoms with Crippen LogP contribution in [-0.4, -0.2) is 12.2 Å². The molecule has 3 rings (SSSR count). The molecular formula is C20H23N3OS. The van der Waals surface area contributed by atoms with Crippen LogP contribution >= 0.6 is 11.8 Å². The lowest BCUT2D eigenvalue weighted by Crippen LogP contribution is -2.41. The summed E-state index contributed by atoms with van der Waals surface area (Å²) in [6.07, 6.45) is 6.94. The molecule has 0 unspecified atom stereocenters. The van der Waals surface area contributed by atoms with Crippen LogP contribution in [0.15, 0.2) is 52.2 Å². The lowest BCUT2D eigenvalue weighted by atomic mass is 9.63. The zero-order chi connectivity index (χ0) is 17.9. The monoisotopic (exact) mass is 353 g/mol. The van der Waals surface area contributed by atoms with Crippen molar-refractivity contribution in [1.29, 1.82) is 5.26 Å². The van der Waals surface area contributed by atoms with Crippen molar-refractivity contribution in [2.45, 2.75) is 39.0 Å². The molecule has 0 bridgehead atoms. The molecule has 5 heteroatoms. The number of carbonyl (C=O) groups excluding carboxylic acids is 1. The highest BCUT2D eigenvalue weighted by Gasteiger charge is 2.47. The predicted molar refractivity (Wildman–Crippen MR) is 103 cm³/mol. The molecule has 1 aliphatic heterocycles. The summed E-state index contributed by atoms with van der Waals surface area (Å²) >= 11 is 1.55. The van der Waals surface area contributed by atoms with Crippen LogP contribution in [0.5, 0.6) is 0 Å². The molecule has 0 aromatic heterocycles. The van der Waals surface area contributed by atoms with Crippen LogP contribution < -0.4 is 10.6 Å². The smallest absolute Gasteiger partial charge is 0.254 e. The Morgan fingerprint density at radius 2 is 1.92 bits per heavy atom. The molecule has 1 heterocycles. The Balaban J connectivity index is 2.03. The molecular weight excluding hydrogens is 330 g/mol. The quantitative estimate of drug-likeness (QED) is 0.836. The first-order valence-electron chi connectivity index (χ1n) is 8.66. The number of amides is 1. The van der Waals surface area contributed by atoms with Gasteiger partial charge in [-0.15, -0.1) is 11.8 Å². The Morgan fingerprint density at radius 1 is 1.24 bits per heavy atom. The Bertz CT molecular complexity index is 768. The number of rotatable bonds is 3. The molecule has 2 N–H and O–H groups in total. The van der Waals surface area contributed by atoms with Crippen LogP contribution in [0, 0.1) is 16.7 Å². The first-order valence-corrected chi connectivity index (χ1v) is 9.88. The van der Waals surface area contributed by atoms with Gasteiger partial charge >= 0.3 is 0 Å². The molecule has 4 nitrogen and oxygen atoms in total. The Morgan fingerprint density at radius 3 is 2.52 bits per heavy atom. The van der Waals surface area contributed by atoms with Crippen LogP contribution in [0.3, 0.4) is 0 Å². The second kappa shape index (κ2) is 7.37. The van der Waals surface area contributed by atoms with E-state index in [1.54, 1.807) is 11.8 Å². The minimum Gasteiger partial charge on any atom is -0.353 e. The van der Waals surface area contributed by atoms with E-state index in [1.807, 2.05) is 43.5 Å². The number of anilines is 1. The number of nitriles is 1. The number of thioether (sulfide) groups is 1. The van der Waals surface area contributed by atoms with Crippen LogP contribution in [0.4, 0.5) is 5.69 Å². The average Bonchev–Trinajstić information content (AvgIpc) is 2.62. The minimum absolute atomic E-state index is 0.106. The third-order valence-corrected chi connectivity index (χ3v) is 5.86. The van der Waals surface area contributed by atoms with Gasteiger partial charge in [0, 0.05) is 22.4 Å². The zero-order valence-electron chi connectivity index (χ0n) is 14.7. The van der Waals surface area contributed by atoms with E-state index in [4.69, 9.17) is 0 Å². The maximum Gasteiger partial charge on any atom is 0.254 e. The number of nitrogens with one attached hydrogen (secondary N) is 2. The molecule has 130 valence electrons. The first-order chi connectivity index (χ1) is 12.1. The van der Waals surface area contributed by atoms with Crippen molar-refractivity contribution in [3.8, 4) is 6.07 Å². The van der Waals surface area contributed by atoms with Gasteiger partial charge in [-0.3, -0.25) is 4.79 Å². The summed E-state index contributed by atoms with van der Waals surface area (Å²) in [5.41, 5.74) is 2.63. The summed E-state index contributed by atoms with van der Waals surface area (Å²) < 4.78 is 0. The maximum absolute atomic E-state index is 13.2. The number of allylic oxidation sites excluding steroid dienone is 2. The lowest BCUT2D eigenvalue weighted by molar-refractivity contribution is -0.114. The fourth-order valence-corrected chi connectivity index (χ4v) is 4.77. The van der Waals surface area contributed by atoms with Crippen LogP contribution in [-0.2, 0) is 4.79 Å². The summed E-state index contributed by atoms with van der Waals surface area (Å²) in [5, 5.41) is 17.1. The van der Waals surface area contributed by atoms with Gasteiger partial charge in [0.15, 0.2) is 0 Å². The summed E-state index contributed by atoms with van der Waals surface area (Å²) in [7, 11) is 0. The summed E-state index contributed by atoms with van der Waals surface area (Å²) in [4.78, 5) is 13.2. The van der Waals surface area contributed by atoms with E-state index in [2.05, 4.69) is 16.7 Å². The average molecular weight is 353 g/mol. The van der Waals surface area contributed by atoms with E-state index in [1.165, 1.54) is 0 Å². The minimum atomic E-state index is -0.459. The number of carbonyl (C=O) groups is 1. The largest absolute Gasteiger partial charge is 0.353 e. The van der Waals surface area contributed by atoms with E-state index >= 15 is 0 Å². The van der Waals surface area contributed by atoms with Crippen molar-refractivity contribution in [2.24, 2.45) is 5.41 Å². The number of hydrogen-bond acceptors (Lipinski definition) is 4. The molecule has 1 aliphatic carbocycles. The Hall–Kier alpha value is -2.19. The molecule has 1 fully saturated rings. The van der Waals surface area contributed by atoms with Crippen molar-refractivity contribution in [2.75, 3.05) is 11.6 Å². The third kappa shape index (κ3) is 3.19. The van der Waals surface area contributed by atoms with Gasteiger partial charge in [0.25, 0.3) is 5.91 Å². The van der Waals surface area contributed by atoms with Gasteiger partial charge in [0.1, 0.15) is 0 Å². The first kappa shape index (κ1) is 17.6.